The fraction of sp³-hybridized carbons (Fsp3) is 0.391. The highest BCUT2D eigenvalue weighted by Gasteiger charge is 2.32. The molecule has 2 rings (SSSR count). The molecule has 0 aromatic heterocycles. The van der Waals surface area contributed by atoms with Crippen LogP contribution in [0.4, 0.5) is 5.69 Å². The van der Waals surface area contributed by atoms with Gasteiger partial charge in [-0.1, -0.05) is 58.5 Å². The van der Waals surface area contributed by atoms with Crippen molar-refractivity contribution in [2.75, 3.05) is 17.1 Å². The Morgan fingerprint density at radius 3 is 2.14 bits per heavy atom. The molecule has 0 heterocycles. The van der Waals surface area contributed by atoms with E-state index in [1.165, 1.54) is 17.0 Å². The van der Waals surface area contributed by atoms with E-state index in [9.17, 15) is 18.0 Å². The van der Waals surface area contributed by atoms with Gasteiger partial charge in [0.25, 0.3) is 0 Å². The third kappa shape index (κ3) is 8.43. The van der Waals surface area contributed by atoms with Gasteiger partial charge in [-0.05, 0) is 57.5 Å². The summed E-state index contributed by atoms with van der Waals surface area (Å²) in [6, 6.07) is 8.48. The van der Waals surface area contributed by atoms with Gasteiger partial charge in [-0.25, -0.2) is 8.42 Å². The van der Waals surface area contributed by atoms with Crippen LogP contribution in [0, 0.1) is 0 Å². The molecule has 1 atom stereocenters. The third-order valence-electron chi connectivity index (χ3n) is 4.85. The first-order chi connectivity index (χ1) is 16.0. The van der Waals surface area contributed by atoms with Crippen molar-refractivity contribution in [3.05, 3.63) is 62.1 Å². The first kappa shape index (κ1) is 29.5. The standard InChI is InChI=1S/C23H27Cl4N3O4S/c1-14(22(32)28-23(2,3)4)29(12-15-7-6-8-16(24)9-15)21(31)13-30(35(5,33)34)20-11-18(26)17(25)10-19(20)27/h6-11,14H,12-13H2,1-5H3,(H,28,32)/t14-/m0/s1. The number of carbonyl (C=O) groups is 2. The predicted molar refractivity (Wildman–Crippen MR) is 143 cm³/mol. The Morgan fingerprint density at radius 2 is 1.60 bits per heavy atom. The van der Waals surface area contributed by atoms with Crippen molar-refractivity contribution in [2.24, 2.45) is 0 Å². The van der Waals surface area contributed by atoms with Crippen molar-refractivity contribution in [3.63, 3.8) is 0 Å². The number of amides is 2. The molecule has 35 heavy (non-hydrogen) atoms. The molecule has 2 aromatic rings. The number of nitrogens with zero attached hydrogens (tertiary/aromatic N) is 2. The van der Waals surface area contributed by atoms with E-state index in [1.54, 1.807) is 31.2 Å². The summed E-state index contributed by atoms with van der Waals surface area (Å²) in [6.45, 7) is 6.42. The number of benzene rings is 2. The second-order valence-corrected chi connectivity index (χ2v) is 12.6. The lowest BCUT2D eigenvalue weighted by Gasteiger charge is -2.33. The largest absolute Gasteiger partial charge is 0.350 e. The summed E-state index contributed by atoms with van der Waals surface area (Å²) >= 11 is 24.4. The summed E-state index contributed by atoms with van der Waals surface area (Å²) in [5.74, 6) is -1.03. The number of hydrogen-bond donors (Lipinski definition) is 1. The van der Waals surface area contributed by atoms with Crippen LogP contribution in [0.2, 0.25) is 20.1 Å². The normalized spacial score (nSPS) is 12.7. The van der Waals surface area contributed by atoms with Crippen molar-refractivity contribution < 1.29 is 18.0 Å². The van der Waals surface area contributed by atoms with Crippen LogP contribution in [0.15, 0.2) is 36.4 Å². The molecule has 2 aromatic carbocycles. The van der Waals surface area contributed by atoms with Crippen LogP contribution in [0.5, 0.6) is 0 Å². The maximum absolute atomic E-state index is 13.5. The van der Waals surface area contributed by atoms with Gasteiger partial charge in [-0.2, -0.15) is 0 Å². The van der Waals surface area contributed by atoms with Crippen LogP contribution in [0.1, 0.15) is 33.3 Å². The fourth-order valence-electron chi connectivity index (χ4n) is 3.19. The van der Waals surface area contributed by atoms with Gasteiger partial charge < -0.3 is 10.2 Å². The lowest BCUT2D eigenvalue weighted by atomic mass is 10.1. The third-order valence-corrected chi connectivity index (χ3v) is 7.23. The lowest BCUT2D eigenvalue weighted by Crippen LogP contribution is -2.54. The average Bonchev–Trinajstić information content (AvgIpc) is 2.70. The van der Waals surface area contributed by atoms with Gasteiger partial charge in [-0.3, -0.25) is 13.9 Å². The number of halogens is 4. The maximum Gasteiger partial charge on any atom is 0.244 e. The first-order valence-electron chi connectivity index (χ1n) is 10.5. The number of carbonyl (C=O) groups excluding carboxylic acids is 2. The molecule has 0 spiro atoms. The highest BCUT2D eigenvalue weighted by molar-refractivity contribution is 7.92. The molecule has 0 saturated heterocycles. The number of nitrogens with one attached hydrogen (secondary N) is 1. The smallest absolute Gasteiger partial charge is 0.244 e. The molecule has 0 aliphatic rings. The van der Waals surface area contributed by atoms with Crippen LogP contribution in [0.3, 0.4) is 0 Å². The first-order valence-corrected chi connectivity index (χ1v) is 13.8. The molecule has 7 nitrogen and oxygen atoms in total. The number of rotatable bonds is 8. The minimum Gasteiger partial charge on any atom is -0.350 e. The lowest BCUT2D eigenvalue weighted by molar-refractivity contribution is -0.140. The molecule has 0 fully saturated rings. The molecule has 0 unspecified atom stereocenters. The molecular weight excluding hydrogens is 556 g/mol. The van der Waals surface area contributed by atoms with E-state index in [1.807, 2.05) is 20.8 Å². The minimum atomic E-state index is -3.97. The topological polar surface area (TPSA) is 86.8 Å². The molecule has 192 valence electrons. The van der Waals surface area contributed by atoms with Gasteiger partial charge in [0, 0.05) is 17.1 Å². The molecule has 12 heteroatoms. The Hall–Kier alpha value is -1.71. The Labute approximate surface area is 226 Å². The highest BCUT2D eigenvalue weighted by Crippen LogP contribution is 2.35. The van der Waals surface area contributed by atoms with Crippen molar-refractivity contribution in [1.29, 1.82) is 0 Å². The molecule has 1 N–H and O–H groups in total. The Balaban J connectivity index is 2.48. The second kappa shape index (κ2) is 11.6. The number of anilines is 1. The maximum atomic E-state index is 13.5. The Bertz CT molecular complexity index is 1220. The van der Waals surface area contributed by atoms with Crippen molar-refractivity contribution in [3.8, 4) is 0 Å². The van der Waals surface area contributed by atoms with Crippen LogP contribution in [-0.2, 0) is 26.2 Å². The molecular formula is C23H27Cl4N3O4S. The van der Waals surface area contributed by atoms with E-state index >= 15 is 0 Å². The van der Waals surface area contributed by atoms with Crippen molar-refractivity contribution in [1.82, 2.24) is 10.2 Å². The van der Waals surface area contributed by atoms with Crippen molar-refractivity contribution >= 4 is 73.9 Å². The van der Waals surface area contributed by atoms with E-state index in [2.05, 4.69) is 5.32 Å². The van der Waals surface area contributed by atoms with Crippen LogP contribution < -0.4 is 9.62 Å². The molecule has 0 aliphatic carbocycles. The van der Waals surface area contributed by atoms with E-state index in [4.69, 9.17) is 46.4 Å². The quantitative estimate of drug-likeness (QED) is 0.422. The summed E-state index contributed by atoms with van der Waals surface area (Å²) in [6.07, 6.45) is 0.941. The molecule has 0 saturated carbocycles. The van der Waals surface area contributed by atoms with E-state index in [-0.39, 0.29) is 27.3 Å². The van der Waals surface area contributed by atoms with Crippen molar-refractivity contribution in [2.45, 2.75) is 45.8 Å². The second-order valence-electron chi connectivity index (χ2n) is 9.05. The molecule has 0 bridgehead atoms. The Morgan fingerprint density at radius 1 is 1.00 bits per heavy atom. The van der Waals surface area contributed by atoms with Gasteiger partial charge in [-0.15, -0.1) is 0 Å². The van der Waals surface area contributed by atoms with Gasteiger partial charge in [0.2, 0.25) is 21.8 Å². The van der Waals surface area contributed by atoms with Gasteiger partial charge >= 0.3 is 0 Å². The van der Waals surface area contributed by atoms with E-state index < -0.39 is 40.0 Å². The average molecular weight is 583 g/mol. The van der Waals surface area contributed by atoms with Gasteiger partial charge in [0.1, 0.15) is 12.6 Å². The van der Waals surface area contributed by atoms with Crippen LogP contribution in [0.25, 0.3) is 0 Å². The monoisotopic (exact) mass is 581 g/mol. The summed E-state index contributed by atoms with van der Waals surface area (Å²) in [7, 11) is -3.97. The SMILES string of the molecule is C[C@@H](C(=O)NC(C)(C)C)N(Cc1cccc(Cl)c1)C(=O)CN(c1cc(Cl)c(Cl)cc1Cl)S(C)(=O)=O. The molecule has 0 radical (unpaired) electrons. The zero-order valence-electron chi connectivity index (χ0n) is 19.9. The molecule has 2 amide bonds. The highest BCUT2D eigenvalue weighted by atomic mass is 35.5. The van der Waals surface area contributed by atoms with E-state index in [0.717, 1.165) is 10.6 Å². The zero-order valence-corrected chi connectivity index (χ0v) is 23.7. The summed E-state index contributed by atoms with van der Waals surface area (Å²) in [5, 5.41) is 3.51. The van der Waals surface area contributed by atoms with Crippen LogP contribution in [-0.4, -0.2) is 49.5 Å². The van der Waals surface area contributed by atoms with E-state index in [0.29, 0.717) is 10.6 Å². The van der Waals surface area contributed by atoms with Gasteiger partial charge in [0.05, 0.1) is 27.0 Å². The van der Waals surface area contributed by atoms with Gasteiger partial charge in [0.15, 0.2) is 0 Å². The zero-order chi connectivity index (χ0) is 26.7. The summed E-state index contributed by atoms with van der Waals surface area (Å²) in [5.41, 5.74) is 0.119. The van der Waals surface area contributed by atoms with Crippen LogP contribution >= 0.6 is 46.4 Å². The molecule has 0 aliphatic heterocycles. The summed E-state index contributed by atoms with van der Waals surface area (Å²) < 4.78 is 26.1. The predicted octanol–water partition coefficient (Wildman–Crippen LogP) is 5.40. The minimum absolute atomic E-state index is 0.00228. The number of hydrogen-bond acceptors (Lipinski definition) is 4. The fourth-order valence-corrected chi connectivity index (χ4v) is 4.95. The Kier molecular flexibility index (Phi) is 9.75. The summed E-state index contributed by atoms with van der Waals surface area (Å²) in [4.78, 5) is 27.8. The number of sulfonamides is 1.